The summed E-state index contributed by atoms with van der Waals surface area (Å²) in [6.07, 6.45) is 0.872. The molecule has 1 aliphatic heterocycles. The fourth-order valence-electron chi connectivity index (χ4n) is 2.63. The zero-order chi connectivity index (χ0) is 16.9. The molecule has 0 saturated carbocycles. The van der Waals surface area contributed by atoms with E-state index in [0.717, 1.165) is 17.7 Å². The van der Waals surface area contributed by atoms with Gasteiger partial charge in [-0.05, 0) is 24.1 Å². The summed E-state index contributed by atoms with van der Waals surface area (Å²) in [4.78, 5) is 25.5. The maximum absolute atomic E-state index is 12.5. The standard InChI is InChI=1S/C17H19N3O3S/c1-23-10-9-20-16(21)7-6-14(19-20)17(22)18-13-8-11-24-15-5-3-2-4-12(13)15/h2-7,13H,8-11H2,1H3,(H,18,22)/t13-/m0/s1. The molecule has 24 heavy (non-hydrogen) atoms. The number of fused-ring (bicyclic) bond motifs is 1. The van der Waals surface area contributed by atoms with Crippen LogP contribution in [0, 0.1) is 0 Å². The van der Waals surface area contributed by atoms with Crippen molar-refractivity contribution in [1.29, 1.82) is 0 Å². The number of methoxy groups -OCH3 is 1. The van der Waals surface area contributed by atoms with Gasteiger partial charge in [0, 0.05) is 23.8 Å². The van der Waals surface area contributed by atoms with Crippen LogP contribution in [0.4, 0.5) is 0 Å². The number of rotatable bonds is 5. The van der Waals surface area contributed by atoms with Crippen molar-refractivity contribution in [3.63, 3.8) is 0 Å². The van der Waals surface area contributed by atoms with Gasteiger partial charge < -0.3 is 10.1 Å². The molecule has 6 nitrogen and oxygen atoms in total. The number of amides is 1. The van der Waals surface area contributed by atoms with E-state index in [-0.39, 0.29) is 23.2 Å². The van der Waals surface area contributed by atoms with E-state index in [2.05, 4.69) is 16.5 Å². The van der Waals surface area contributed by atoms with Gasteiger partial charge in [0.1, 0.15) is 5.69 Å². The van der Waals surface area contributed by atoms with Crippen molar-refractivity contribution >= 4 is 17.7 Å². The molecule has 1 N–H and O–H groups in total. The summed E-state index contributed by atoms with van der Waals surface area (Å²) in [5, 5.41) is 7.17. The van der Waals surface area contributed by atoms with E-state index in [0.29, 0.717) is 13.2 Å². The number of carbonyl (C=O) groups excluding carboxylic acids is 1. The predicted molar refractivity (Wildman–Crippen MR) is 92.4 cm³/mol. The highest BCUT2D eigenvalue weighted by molar-refractivity contribution is 7.99. The molecule has 0 fully saturated rings. The summed E-state index contributed by atoms with van der Waals surface area (Å²) in [6.45, 7) is 0.685. The lowest BCUT2D eigenvalue weighted by Gasteiger charge is -2.25. The number of hydrogen-bond acceptors (Lipinski definition) is 5. The molecule has 0 bridgehead atoms. The van der Waals surface area contributed by atoms with Gasteiger partial charge in [0.2, 0.25) is 0 Å². The Kier molecular flexibility index (Phi) is 5.32. The van der Waals surface area contributed by atoms with E-state index in [9.17, 15) is 9.59 Å². The summed E-state index contributed by atoms with van der Waals surface area (Å²) in [5.41, 5.74) is 1.12. The highest BCUT2D eigenvalue weighted by atomic mass is 32.2. The summed E-state index contributed by atoms with van der Waals surface area (Å²) >= 11 is 1.80. The summed E-state index contributed by atoms with van der Waals surface area (Å²) in [7, 11) is 1.56. The highest BCUT2D eigenvalue weighted by Crippen LogP contribution is 2.35. The quantitative estimate of drug-likeness (QED) is 0.895. The molecule has 126 valence electrons. The minimum atomic E-state index is -0.270. The predicted octanol–water partition coefficient (Wildman–Crippen LogP) is 1.86. The molecule has 0 unspecified atom stereocenters. The van der Waals surface area contributed by atoms with Crippen LogP contribution in [0.1, 0.15) is 28.5 Å². The van der Waals surface area contributed by atoms with Crippen molar-refractivity contribution in [2.24, 2.45) is 0 Å². The first kappa shape index (κ1) is 16.7. The molecule has 0 spiro atoms. The Morgan fingerprint density at radius 1 is 1.38 bits per heavy atom. The molecule has 1 amide bonds. The average molecular weight is 345 g/mol. The van der Waals surface area contributed by atoms with E-state index in [4.69, 9.17) is 4.74 Å². The molecule has 3 rings (SSSR count). The van der Waals surface area contributed by atoms with Gasteiger partial charge in [-0.15, -0.1) is 11.8 Å². The molecule has 7 heteroatoms. The van der Waals surface area contributed by atoms with E-state index < -0.39 is 0 Å². The van der Waals surface area contributed by atoms with Gasteiger partial charge in [-0.25, -0.2) is 4.68 Å². The van der Waals surface area contributed by atoms with Crippen molar-refractivity contribution < 1.29 is 9.53 Å². The zero-order valence-electron chi connectivity index (χ0n) is 13.4. The van der Waals surface area contributed by atoms with Gasteiger partial charge >= 0.3 is 0 Å². The van der Waals surface area contributed by atoms with Crippen molar-refractivity contribution in [3.8, 4) is 0 Å². The fourth-order valence-corrected chi connectivity index (χ4v) is 3.76. The number of hydrogen-bond donors (Lipinski definition) is 1. The summed E-state index contributed by atoms with van der Waals surface area (Å²) in [6, 6.07) is 10.9. The van der Waals surface area contributed by atoms with Crippen LogP contribution in [-0.2, 0) is 11.3 Å². The van der Waals surface area contributed by atoms with E-state index in [1.165, 1.54) is 21.7 Å². The molecule has 1 aromatic carbocycles. The smallest absolute Gasteiger partial charge is 0.272 e. The molecule has 2 heterocycles. The number of nitrogens with zero attached hydrogens (tertiary/aromatic N) is 2. The first-order valence-electron chi connectivity index (χ1n) is 7.79. The minimum Gasteiger partial charge on any atom is -0.383 e. The number of carbonyl (C=O) groups is 1. The molecule has 1 aliphatic rings. The third-order valence-electron chi connectivity index (χ3n) is 3.87. The van der Waals surface area contributed by atoms with Crippen LogP contribution in [-0.4, -0.2) is 35.2 Å². The normalized spacial score (nSPS) is 16.5. The molecule has 0 saturated heterocycles. The van der Waals surface area contributed by atoms with Gasteiger partial charge in [-0.1, -0.05) is 18.2 Å². The lowest BCUT2D eigenvalue weighted by atomic mass is 10.0. The highest BCUT2D eigenvalue weighted by Gasteiger charge is 2.23. The van der Waals surface area contributed by atoms with Gasteiger partial charge in [-0.3, -0.25) is 9.59 Å². The Morgan fingerprint density at radius 3 is 3.04 bits per heavy atom. The van der Waals surface area contributed by atoms with Crippen LogP contribution in [0.25, 0.3) is 0 Å². The topological polar surface area (TPSA) is 73.2 Å². The van der Waals surface area contributed by atoms with Crippen molar-refractivity contribution in [3.05, 3.63) is 58.0 Å². The van der Waals surface area contributed by atoms with Crippen LogP contribution >= 0.6 is 11.8 Å². The van der Waals surface area contributed by atoms with E-state index >= 15 is 0 Å². The van der Waals surface area contributed by atoms with Gasteiger partial charge in [0.25, 0.3) is 11.5 Å². The molecule has 1 atom stereocenters. The van der Waals surface area contributed by atoms with Crippen LogP contribution in [0.2, 0.25) is 0 Å². The largest absolute Gasteiger partial charge is 0.383 e. The maximum Gasteiger partial charge on any atom is 0.272 e. The van der Waals surface area contributed by atoms with Crippen molar-refractivity contribution in [2.75, 3.05) is 19.5 Å². The second-order valence-corrected chi connectivity index (χ2v) is 6.61. The number of ether oxygens (including phenoxy) is 1. The average Bonchev–Trinajstić information content (AvgIpc) is 2.61. The van der Waals surface area contributed by atoms with Crippen LogP contribution in [0.5, 0.6) is 0 Å². The lowest BCUT2D eigenvalue weighted by Crippen LogP contribution is -2.33. The SMILES string of the molecule is COCCn1nc(C(=O)N[C@H]2CCSc3ccccc32)ccc1=O. The van der Waals surface area contributed by atoms with Crippen molar-refractivity contribution in [2.45, 2.75) is 23.9 Å². The number of nitrogens with one attached hydrogen (secondary N) is 1. The number of benzene rings is 1. The van der Waals surface area contributed by atoms with E-state index in [1.807, 2.05) is 18.2 Å². The second kappa shape index (κ2) is 7.63. The molecule has 2 aromatic rings. The third kappa shape index (κ3) is 3.68. The monoisotopic (exact) mass is 345 g/mol. The van der Waals surface area contributed by atoms with Gasteiger partial charge in [-0.2, -0.15) is 5.10 Å². The Balaban J connectivity index is 1.77. The van der Waals surface area contributed by atoms with E-state index in [1.54, 1.807) is 18.9 Å². The van der Waals surface area contributed by atoms with Gasteiger partial charge in [0.05, 0.1) is 19.2 Å². The Hall–Kier alpha value is -2.12. The van der Waals surface area contributed by atoms with Crippen LogP contribution in [0.15, 0.2) is 46.1 Å². The first-order valence-corrected chi connectivity index (χ1v) is 8.77. The van der Waals surface area contributed by atoms with Gasteiger partial charge in [0.15, 0.2) is 0 Å². The molecular formula is C17H19N3O3S. The number of aromatic nitrogens is 2. The first-order chi connectivity index (χ1) is 11.7. The molecule has 1 aromatic heterocycles. The second-order valence-electron chi connectivity index (χ2n) is 5.47. The van der Waals surface area contributed by atoms with Crippen LogP contribution in [0.3, 0.4) is 0 Å². The Labute approximate surface area is 144 Å². The van der Waals surface area contributed by atoms with Crippen molar-refractivity contribution in [1.82, 2.24) is 15.1 Å². The summed E-state index contributed by atoms with van der Waals surface area (Å²) in [5.74, 6) is 0.691. The summed E-state index contributed by atoms with van der Waals surface area (Å²) < 4.78 is 6.21. The number of thioether (sulfide) groups is 1. The molecule has 0 radical (unpaired) electrons. The Bertz CT molecular complexity index is 791. The fraction of sp³-hybridized carbons (Fsp3) is 0.353. The lowest BCUT2D eigenvalue weighted by molar-refractivity contribution is 0.0926. The zero-order valence-corrected chi connectivity index (χ0v) is 14.2. The molecule has 0 aliphatic carbocycles. The Morgan fingerprint density at radius 2 is 2.21 bits per heavy atom. The minimum absolute atomic E-state index is 0.0314. The molecular weight excluding hydrogens is 326 g/mol. The third-order valence-corrected chi connectivity index (χ3v) is 4.99. The van der Waals surface area contributed by atoms with Crippen LogP contribution < -0.4 is 10.9 Å². The maximum atomic E-state index is 12.5.